The first-order chi connectivity index (χ1) is 8.04. The van der Waals surface area contributed by atoms with Crippen molar-refractivity contribution in [2.24, 2.45) is 0 Å². The molecule has 0 amide bonds. The van der Waals surface area contributed by atoms with Crippen LogP contribution in [0.4, 0.5) is 5.82 Å². The second-order valence-electron chi connectivity index (χ2n) is 3.77. The highest BCUT2D eigenvalue weighted by molar-refractivity contribution is 7.71. The van der Waals surface area contributed by atoms with Crippen LogP contribution in [0.2, 0.25) is 0 Å². The Morgan fingerprint density at radius 1 is 1.44 bits per heavy atom. The largest absolute Gasteiger partial charge is 0.394 e. The van der Waals surface area contributed by atoms with Gasteiger partial charge in [0.2, 0.25) is 4.77 Å². The minimum atomic E-state index is -1.18. The van der Waals surface area contributed by atoms with Gasteiger partial charge in [0, 0.05) is 6.20 Å². The molecule has 4 atom stereocenters. The summed E-state index contributed by atoms with van der Waals surface area (Å²) in [5, 5.41) is 28.4. The van der Waals surface area contributed by atoms with Crippen LogP contribution < -0.4 is 5.73 Å². The summed E-state index contributed by atoms with van der Waals surface area (Å²) in [6.07, 6.45) is -2.53. The van der Waals surface area contributed by atoms with E-state index < -0.39 is 24.5 Å². The number of hydrogen-bond donors (Lipinski definition) is 4. The number of aromatic nitrogens is 2. The minimum Gasteiger partial charge on any atom is -0.394 e. The standard InChI is InChI=1S/C9H13N3O4S.ClH/c10-5-1-2-12(9(17)11-5)8-7(15)6(14)4(3-13)16-8;/h1-2,4,6-8,13-15H,3H2,(H2,10,11,17);1H/t4-,6-,7+,8-;/m1./s1. The van der Waals surface area contributed by atoms with Gasteiger partial charge in [-0.25, -0.2) is 4.98 Å². The lowest BCUT2D eigenvalue weighted by atomic mass is 10.1. The van der Waals surface area contributed by atoms with E-state index in [2.05, 4.69) is 4.98 Å². The van der Waals surface area contributed by atoms with Crippen molar-refractivity contribution < 1.29 is 20.1 Å². The Labute approximate surface area is 114 Å². The van der Waals surface area contributed by atoms with Gasteiger partial charge >= 0.3 is 0 Å². The summed E-state index contributed by atoms with van der Waals surface area (Å²) in [7, 11) is 0. The Morgan fingerprint density at radius 3 is 2.61 bits per heavy atom. The third-order valence-corrected chi connectivity index (χ3v) is 2.94. The molecule has 1 aromatic rings. The smallest absolute Gasteiger partial charge is 0.203 e. The average molecular weight is 296 g/mol. The number of nitrogens with two attached hydrogens (primary N) is 1. The van der Waals surface area contributed by atoms with Gasteiger partial charge in [-0.2, -0.15) is 0 Å². The molecule has 7 nitrogen and oxygen atoms in total. The Bertz CT molecular complexity index is 471. The molecule has 0 aliphatic carbocycles. The van der Waals surface area contributed by atoms with Gasteiger partial charge in [0.1, 0.15) is 24.1 Å². The monoisotopic (exact) mass is 295 g/mol. The summed E-state index contributed by atoms with van der Waals surface area (Å²) in [4.78, 5) is 3.85. The molecule has 0 aromatic carbocycles. The van der Waals surface area contributed by atoms with Crippen molar-refractivity contribution in [2.45, 2.75) is 24.5 Å². The fourth-order valence-electron chi connectivity index (χ4n) is 1.73. The number of halogens is 1. The van der Waals surface area contributed by atoms with Crippen LogP contribution in [-0.4, -0.2) is 49.8 Å². The van der Waals surface area contributed by atoms with E-state index in [-0.39, 0.29) is 29.6 Å². The quantitative estimate of drug-likeness (QED) is 0.530. The lowest BCUT2D eigenvalue weighted by Crippen LogP contribution is -2.33. The third-order valence-electron chi connectivity index (χ3n) is 2.64. The average Bonchev–Trinajstić information content (AvgIpc) is 2.57. The van der Waals surface area contributed by atoms with Crippen molar-refractivity contribution >= 4 is 30.4 Å². The van der Waals surface area contributed by atoms with Crippen LogP contribution in [0, 0.1) is 4.77 Å². The number of rotatable bonds is 2. The summed E-state index contributed by atoms with van der Waals surface area (Å²) in [6, 6.07) is 1.50. The number of hydrogen-bond acceptors (Lipinski definition) is 7. The molecule has 0 spiro atoms. The second kappa shape index (κ2) is 5.91. The summed E-state index contributed by atoms with van der Waals surface area (Å²) in [5.74, 6) is 0.262. The molecule has 1 aromatic heterocycles. The van der Waals surface area contributed by atoms with E-state index in [9.17, 15) is 10.2 Å². The molecule has 1 aliphatic heterocycles. The van der Waals surface area contributed by atoms with Crippen molar-refractivity contribution in [1.82, 2.24) is 9.55 Å². The maximum Gasteiger partial charge on any atom is 0.203 e. The third kappa shape index (κ3) is 2.63. The van der Waals surface area contributed by atoms with E-state index in [1.807, 2.05) is 0 Å². The normalized spacial score (nSPS) is 31.1. The molecule has 1 aliphatic rings. The Hall–Kier alpha value is -0.770. The molecule has 1 fully saturated rings. The van der Waals surface area contributed by atoms with Crippen molar-refractivity contribution in [3.63, 3.8) is 0 Å². The van der Waals surface area contributed by atoms with Crippen molar-refractivity contribution in [3.05, 3.63) is 17.0 Å². The van der Waals surface area contributed by atoms with Gasteiger partial charge < -0.3 is 25.8 Å². The van der Waals surface area contributed by atoms with Gasteiger partial charge in [-0.15, -0.1) is 12.4 Å². The zero-order chi connectivity index (χ0) is 12.6. The van der Waals surface area contributed by atoms with Crippen LogP contribution >= 0.6 is 24.6 Å². The summed E-state index contributed by atoms with van der Waals surface area (Å²) in [6.45, 7) is -0.384. The fourth-order valence-corrected chi connectivity index (χ4v) is 2.00. The molecular weight excluding hydrogens is 282 g/mol. The van der Waals surface area contributed by atoms with E-state index >= 15 is 0 Å². The van der Waals surface area contributed by atoms with Crippen LogP contribution in [-0.2, 0) is 4.74 Å². The lowest BCUT2D eigenvalue weighted by Gasteiger charge is -2.18. The van der Waals surface area contributed by atoms with Gasteiger partial charge in [-0.1, -0.05) is 0 Å². The second-order valence-corrected chi connectivity index (χ2v) is 4.14. The van der Waals surface area contributed by atoms with E-state index in [0.717, 1.165) is 0 Å². The molecule has 2 rings (SSSR count). The SMILES string of the molecule is Cl.Nc1ccn([C@@H]2O[C@H](CO)[C@@H](O)[C@@H]2O)c(=S)n1. The van der Waals surface area contributed by atoms with Gasteiger partial charge in [-0.05, 0) is 18.3 Å². The molecule has 18 heavy (non-hydrogen) atoms. The molecular formula is C9H14ClN3O4S. The summed E-state index contributed by atoms with van der Waals surface area (Å²) < 4.78 is 6.83. The molecule has 1 saturated heterocycles. The van der Waals surface area contributed by atoms with Gasteiger partial charge in [0.05, 0.1) is 6.61 Å². The highest BCUT2D eigenvalue weighted by atomic mass is 35.5. The Morgan fingerprint density at radius 2 is 2.11 bits per heavy atom. The maximum absolute atomic E-state index is 9.79. The van der Waals surface area contributed by atoms with Gasteiger partial charge in [-0.3, -0.25) is 4.57 Å². The van der Waals surface area contributed by atoms with E-state index in [0.29, 0.717) is 0 Å². The van der Waals surface area contributed by atoms with Crippen LogP contribution in [0.15, 0.2) is 12.3 Å². The molecule has 5 N–H and O–H groups in total. The first-order valence-corrected chi connectivity index (χ1v) is 5.42. The summed E-state index contributed by atoms with van der Waals surface area (Å²) in [5.41, 5.74) is 5.46. The number of anilines is 1. The van der Waals surface area contributed by atoms with Gasteiger partial charge in [0.15, 0.2) is 6.23 Å². The number of nitrogens with zero attached hydrogens (tertiary/aromatic N) is 2. The van der Waals surface area contributed by atoms with E-state index in [1.165, 1.54) is 16.8 Å². The number of aliphatic hydroxyl groups excluding tert-OH is 3. The molecule has 2 heterocycles. The van der Waals surface area contributed by atoms with Crippen LogP contribution in [0.5, 0.6) is 0 Å². The number of aliphatic hydroxyl groups is 3. The summed E-state index contributed by atoms with van der Waals surface area (Å²) >= 11 is 4.98. The van der Waals surface area contributed by atoms with Crippen LogP contribution in [0.1, 0.15) is 6.23 Å². The maximum atomic E-state index is 9.79. The first-order valence-electron chi connectivity index (χ1n) is 5.01. The van der Waals surface area contributed by atoms with Crippen LogP contribution in [0.25, 0.3) is 0 Å². The fraction of sp³-hybridized carbons (Fsp3) is 0.556. The minimum absolute atomic E-state index is 0. The van der Waals surface area contributed by atoms with Gasteiger partial charge in [0.25, 0.3) is 0 Å². The zero-order valence-corrected chi connectivity index (χ0v) is 10.8. The van der Waals surface area contributed by atoms with Crippen molar-refractivity contribution in [2.75, 3.05) is 12.3 Å². The molecule has 102 valence electrons. The predicted octanol–water partition coefficient (Wildman–Crippen LogP) is -0.772. The highest BCUT2D eigenvalue weighted by Gasteiger charge is 2.43. The van der Waals surface area contributed by atoms with Crippen LogP contribution in [0.3, 0.4) is 0 Å². The van der Waals surface area contributed by atoms with Crippen molar-refractivity contribution in [3.8, 4) is 0 Å². The Balaban J connectivity index is 0.00000162. The molecule has 0 bridgehead atoms. The molecule has 9 heteroatoms. The highest BCUT2D eigenvalue weighted by Crippen LogP contribution is 2.29. The first kappa shape index (κ1) is 15.3. The number of nitrogen functional groups attached to an aromatic ring is 1. The molecule has 0 saturated carbocycles. The van der Waals surface area contributed by atoms with E-state index in [1.54, 1.807) is 0 Å². The van der Waals surface area contributed by atoms with Crippen molar-refractivity contribution in [1.29, 1.82) is 0 Å². The Kier molecular flexibility index (Phi) is 5.02. The topological polar surface area (TPSA) is 114 Å². The zero-order valence-electron chi connectivity index (χ0n) is 9.21. The number of ether oxygens (including phenoxy) is 1. The molecule has 0 unspecified atom stereocenters. The predicted molar refractivity (Wildman–Crippen MR) is 67.7 cm³/mol. The van der Waals surface area contributed by atoms with E-state index in [4.69, 9.17) is 27.8 Å². The molecule has 0 radical (unpaired) electrons. The lowest BCUT2D eigenvalue weighted by molar-refractivity contribution is -0.0540.